The van der Waals surface area contributed by atoms with Crippen LogP contribution in [0.25, 0.3) is 0 Å². The SMILES string of the molecule is CN1CC2CCC(C1)N2c1ccc(C(=O)O)nc1. The maximum absolute atomic E-state index is 10.8. The molecule has 2 unspecified atom stereocenters. The van der Waals surface area contributed by atoms with Crippen LogP contribution in [-0.4, -0.2) is 53.2 Å². The molecular formula is C13H17N3O2. The number of nitrogens with zero attached hydrogens (tertiary/aromatic N) is 3. The molecule has 3 heterocycles. The minimum atomic E-state index is -0.970. The predicted octanol–water partition coefficient (Wildman–Crippen LogP) is 1.06. The Morgan fingerprint density at radius 3 is 2.50 bits per heavy atom. The third-order valence-electron chi connectivity index (χ3n) is 3.93. The highest BCUT2D eigenvalue weighted by Crippen LogP contribution is 2.33. The van der Waals surface area contributed by atoms with Crippen molar-refractivity contribution in [3.8, 4) is 0 Å². The van der Waals surface area contributed by atoms with E-state index in [4.69, 9.17) is 5.11 Å². The van der Waals surface area contributed by atoms with Gasteiger partial charge < -0.3 is 14.9 Å². The van der Waals surface area contributed by atoms with E-state index < -0.39 is 5.97 Å². The second kappa shape index (κ2) is 4.24. The van der Waals surface area contributed by atoms with Gasteiger partial charge in [0.25, 0.3) is 0 Å². The Hall–Kier alpha value is -1.62. The van der Waals surface area contributed by atoms with Crippen LogP contribution < -0.4 is 4.90 Å². The molecule has 18 heavy (non-hydrogen) atoms. The van der Waals surface area contributed by atoms with Crippen LogP contribution >= 0.6 is 0 Å². The molecule has 2 atom stereocenters. The lowest BCUT2D eigenvalue weighted by Crippen LogP contribution is -2.52. The third-order valence-corrected chi connectivity index (χ3v) is 3.93. The van der Waals surface area contributed by atoms with Crippen LogP contribution in [0.1, 0.15) is 23.3 Å². The molecule has 0 spiro atoms. The van der Waals surface area contributed by atoms with E-state index in [2.05, 4.69) is 21.8 Å². The number of fused-ring (bicyclic) bond motifs is 2. The molecule has 2 fully saturated rings. The summed E-state index contributed by atoms with van der Waals surface area (Å²) >= 11 is 0. The molecule has 96 valence electrons. The highest BCUT2D eigenvalue weighted by atomic mass is 16.4. The van der Waals surface area contributed by atoms with Gasteiger partial charge >= 0.3 is 5.97 Å². The number of likely N-dealkylation sites (N-methyl/N-ethyl adjacent to an activating group) is 1. The summed E-state index contributed by atoms with van der Waals surface area (Å²) in [6.07, 6.45) is 4.13. The van der Waals surface area contributed by atoms with Crippen molar-refractivity contribution in [1.29, 1.82) is 0 Å². The molecule has 3 rings (SSSR count). The van der Waals surface area contributed by atoms with Crippen LogP contribution in [0.5, 0.6) is 0 Å². The van der Waals surface area contributed by atoms with Gasteiger partial charge in [-0.25, -0.2) is 9.78 Å². The quantitative estimate of drug-likeness (QED) is 0.847. The molecule has 0 saturated carbocycles. The van der Waals surface area contributed by atoms with Crippen molar-refractivity contribution in [3.63, 3.8) is 0 Å². The molecule has 2 saturated heterocycles. The molecular weight excluding hydrogens is 230 g/mol. The molecule has 1 N–H and O–H groups in total. The third kappa shape index (κ3) is 1.84. The standard InChI is InChI=1S/C13H17N3O2/c1-15-7-10-2-3-11(8-15)16(10)9-4-5-12(13(17)18)14-6-9/h4-6,10-11H,2-3,7-8H2,1H3,(H,17,18). The van der Waals surface area contributed by atoms with Crippen molar-refractivity contribution in [1.82, 2.24) is 9.88 Å². The van der Waals surface area contributed by atoms with Gasteiger partial charge in [0.1, 0.15) is 5.69 Å². The number of pyridine rings is 1. The van der Waals surface area contributed by atoms with Crippen LogP contribution in [0.4, 0.5) is 5.69 Å². The van der Waals surface area contributed by atoms with E-state index in [-0.39, 0.29) is 5.69 Å². The number of carboxylic acid groups (broad SMARTS) is 1. The van der Waals surface area contributed by atoms with Crippen LogP contribution in [0, 0.1) is 0 Å². The number of hydrogen-bond acceptors (Lipinski definition) is 4. The van der Waals surface area contributed by atoms with Gasteiger partial charge in [0, 0.05) is 25.2 Å². The lowest BCUT2D eigenvalue weighted by Gasteiger charge is -2.40. The molecule has 0 radical (unpaired) electrons. The van der Waals surface area contributed by atoms with Gasteiger partial charge in [-0.3, -0.25) is 0 Å². The first-order chi connectivity index (χ1) is 8.65. The summed E-state index contributed by atoms with van der Waals surface area (Å²) in [6.45, 7) is 2.16. The van der Waals surface area contributed by atoms with Crippen LogP contribution in [-0.2, 0) is 0 Å². The van der Waals surface area contributed by atoms with Crippen LogP contribution in [0.15, 0.2) is 18.3 Å². The van der Waals surface area contributed by atoms with E-state index in [0.29, 0.717) is 12.1 Å². The molecule has 2 aliphatic rings. The van der Waals surface area contributed by atoms with Gasteiger partial charge in [0.05, 0.1) is 11.9 Å². The van der Waals surface area contributed by atoms with Crippen molar-refractivity contribution >= 4 is 11.7 Å². The summed E-state index contributed by atoms with van der Waals surface area (Å²) < 4.78 is 0. The van der Waals surface area contributed by atoms with Crippen molar-refractivity contribution in [2.75, 3.05) is 25.0 Å². The minimum Gasteiger partial charge on any atom is -0.477 e. The van der Waals surface area contributed by atoms with E-state index in [1.165, 1.54) is 12.8 Å². The topological polar surface area (TPSA) is 56.7 Å². The van der Waals surface area contributed by atoms with Crippen molar-refractivity contribution in [2.45, 2.75) is 24.9 Å². The first-order valence-corrected chi connectivity index (χ1v) is 6.31. The predicted molar refractivity (Wildman–Crippen MR) is 68.0 cm³/mol. The maximum Gasteiger partial charge on any atom is 0.354 e. The van der Waals surface area contributed by atoms with Gasteiger partial charge in [0.2, 0.25) is 0 Å². The van der Waals surface area contributed by atoms with E-state index in [9.17, 15) is 4.79 Å². The average Bonchev–Trinajstić information content (AvgIpc) is 2.62. The number of carboxylic acids is 1. The summed E-state index contributed by atoms with van der Waals surface area (Å²) in [6, 6.07) is 4.57. The second-order valence-electron chi connectivity index (χ2n) is 5.22. The molecule has 1 aromatic rings. The van der Waals surface area contributed by atoms with E-state index in [1.54, 1.807) is 12.3 Å². The van der Waals surface area contributed by atoms with Gasteiger partial charge in [-0.15, -0.1) is 0 Å². The van der Waals surface area contributed by atoms with Crippen molar-refractivity contribution < 1.29 is 9.90 Å². The Kier molecular flexibility index (Phi) is 2.70. The van der Waals surface area contributed by atoms with Crippen LogP contribution in [0.2, 0.25) is 0 Å². The second-order valence-corrected chi connectivity index (χ2v) is 5.22. The number of aromatic carboxylic acids is 1. The highest BCUT2D eigenvalue weighted by molar-refractivity contribution is 5.85. The smallest absolute Gasteiger partial charge is 0.354 e. The highest BCUT2D eigenvalue weighted by Gasteiger charge is 2.38. The maximum atomic E-state index is 10.8. The molecule has 1 aromatic heterocycles. The Morgan fingerprint density at radius 1 is 1.33 bits per heavy atom. The summed E-state index contributed by atoms with van der Waals surface area (Å²) in [7, 11) is 2.16. The molecule has 5 heteroatoms. The first-order valence-electron chi connectivity index (χ1n) is 6.31. The fourth-order valence-electron chi connectivity index (χ4n) is 3.20. The van der Waals surface area contributed by atoms with Crippen LogP contribution in [0.3, 0.4) is 0 Å². The fraction of sp³-hybridized carbons (Fsp3) is 0.538. The van der Waals surface area contributed by atoms with E-state index in [0.717, 1.165) is 18.8 Å². The van der Waals surface area contributed by atoms with Crippen molar-refractivity contribution in [3.05, 3.63) is 24.0 Å². The number of carbonyl (C=O) groups is 1. The fourth-order valence-corrected chi connectivity index (χ4v) is 3.20. The Labute approximate surface area is 106 Å². The average molecular weight is 247 g/mol. The van der Waals surface area contributed by atoms with Gasteiger partial charge in [0.15, 0.2) is 0 Å². The monoisotopic (exact) mass is 247 g/mol. The van der Waals surface area contributed by atoms with Crippen molar-refractivity contribution in [2.24, 2.45) is 0 Å². The molecule has 0 aromatic carbocycles. The van der Waals surface area contributed by atoms with Gasteiger partial charge in [-0.1, -0.05) is 0 Å². The summed E-state index contributed by atoms with van der Waals surface area (Å²) in [5.41, 5.74) is 1.17. The number of anilines is 1. The lowest BCUT2D eigenvalue weighted by atomic mass is 10.1. The number of rotatable bonds is 2. The number of likely N-dealkylation sites (tertiary alicyclic amines) is 1. The zero-order chi connectivity index (χ0) is 12.7. The van der Waals surface area contributed by atoms with Gasteiger partial charge in [-0.05, 0) is 32.0 Å². The van der Waals surface area contributed by atoms with E-state index >= 15 is 0 Å². The largest absolute Gasteiger partial charge is 0.477 e. The molecule has 5 nitrogen and oxygen atoms in total. The molecule has 0 aliphatic carbocycles. The number of aromatic nitrogens is 1. The summed E-state index contributed by atoms with van der Waals surface area (Å²) in [5.74, 6) is -0.970. The van der Waals surface area contributed by atoms with Gasteiger partial charge in [-0.2, -0.15) is 0 Å². The lowest BCUT2D eigenvalue weighted by molar-refractivity contribution is 0.0690. The first kappa shape index (κ1) is 11.5. The molecule has 2 bridgehead atoms. The summed E-state index contributed by atoms with van der Waals surface area (Å²) in [5, 5.41) is 8.85. The normalized spacial score (nSPS) is 27.5. The Bertz CT molecular complexity index is 446. The zero-order valence-corrected chi connectivity index (χ0v) is 10.4. The Morgan fingerprint density at radius 2 is 2.00 bits per heavy atom. The summed E-state index contributed by atoms with van der Waals surface area (Å²) in [4.78, 5) is 19.6. The molecule has 2 aliphatic heterocycles. The minimum absolute atomic E-state index is 0.111. The Balaban J connectivity index is 1.85. The molecule has 0 amide bonds. The number of piperazine rings is 1. The number of hydrogen-bond donors (Lipinski definition) is 1. The zero-order valence-electron chi connectivity index (χ0n) is 10.4. The van der Waals surface area contributed by atoms with E-state index in [1.807, 2.05) is 6.07 Å².